The first-order valence-electron chi connectivity index (χ1n) is 9.48. The molecule has 0 spiro atoms. The number of carbonyl (C=O) groups is 2. The predicted molar refractivity (Wildman–Crippen MR) is 106 cm³/mol. The van der Waals surface area contributed by atoms with Crippen LogP contribution in [0.2, 0.25) is 0 Å². The fourth-order valence-corrected chi connectivity index (χ4v) is 2.79. The molecule has 0 aliphatic rings. The molecule has 2 unspecified atom stereocenters. The zero-order valence-electron chi connectivity index (χ0n) is 16.8. The molecule has 1 aromatic carbocycles. The van der Waals surface area contributed by atoms with Crippen molar-refractivity contribution in [2.24, 2.45) is 11.8 Å². The molecule has 8 nitrogen and oxygen atoms in total. The van der Waals surface area contributed by atoms with E-state index < -0.39 is 12.1 Å². The molecule has 0 saturated carbocycles. The van der Waals surface area contributed by atoms with Gasteiger partial charge >= 0.3 is 6.09 Å². The van der Waals surface area contributed by atoms with E-state index in [9.17, 15) is 14.7 Å². The van der Waals surface area contributed by atoms with Gasteiger partial charge in [0.2, 0.25) is 0 Å². The van der Waals surface area contributed by atoms with Gasteiger partial charge in [0.1, 0.15) is 5.75 Å². The van der Waals surface area contributed by atoms with Crippen molar-refractivity contribution >= 4 is 12.0 Å². The first kappa shape index (κ1) is 23.7. The normalized spacial score (nSPS) is 13.0. The van der Waals surface area contributed by atoms with E-state index >= 15 is 0 Å². The van der Waals surface area contributed by atoms with E-state index in [2.05, 4.69) is 10.6 Å². The highest BCUT2D eigenvalue weighted by atomic mass is 16.5. The van der Waals surface area contributed by atoms with Crippen LogP contribution in [-0.2, 0) is 4.74 Å². The van der Waals surface area contributed by atoms with Crippen molar-refractivity contribution in [3.05, 3.63) is 29.8 Å². The first-order chi connectivity index (χ1) is 13.4. The number of hydrogen-bond acceptors (Lipinski definition) is 5. The number of para-hydroxylation sites is 1. The van der Waals surface area contributed by atoms with Crippen molar-refractivity contribution < 1.29 is 29.3 Å². The highest BCUT2D eigenvalue weighted by Crippen LogP contribution is 2.20. The number of rotatable bonds is 13. The summed E-state index contributed by atoms with van der Waals surface area (Å²) in [7, 11) is 1.62. The van der Waals surface area contributed by atoms with E-state index in [1.54, 1.807) is 25.3 Å². The molecule has 2 amide bonds. The molecule has 0 radical (unpaired) electrons. The van der Waals surface area contributed by atoms with Crippen LogP contribution < -0.4 is 15.4 Å². The Kier molecular flexibility index (Phi) is 11.0. The number of nitrogens with one attached hydrogen (secondary N) is 2. The van der Waals surface area contributed by atoms with Gasteiger partial charge in [0.05, 0.1) is 24.8 Å². The van der Waals surface area contributed by atoms with Gasteiger partial charge in [-0.05, 0) is 30.4 Å². The highest BCUT2D eigenvalue weighted by Gasteiger charge is 2.22. The van der Waals surface area contributed by atoms with E-state index in [0.717, 1.165) is 6.42 Å². The van der Waals surface area contributed by atoms with E-state index in [1.165, 1.54) is 0 Å². The maximum Gasteiger partial charge on any atom is 0.404 e. The molecular weight excluding hydrogens is 364 g/mol. The largest absolute Gasteiger partial charge is 0.493 e. The fraction of sp³-hybridized carbons (Fsp3) is 0.600. The van der Waals surface area contributed by atoms with E-state index in [0.29, 0.717) is 37.5 Å². The Balaban J connectivity index is 2.68. The summed E-state index contributed by atoms with van der Waals surface area (Å²) in [5.74, 6) is 0.464. The van der Waals surface area contributed by atoms with Gasteiger partial charge in [-0.2, -0.15) is 0 Å². The Morgan fingerprint density at radius 3 is 2.50 bits per heavy atom. The van der Waals surface area contributed by atoms with Crippen molar-refractivity contribution in [1.82, 2.24) is 10.6 Å². The molecule has 0 bridgehead atoms. The van der Waals surface area contributed by atoms with Crippen molar-refractivity contribution in [2.75, 3.05) is 33.5 Å². The lowest BCUT2D eigenvalue weighted by molar-refractivity contribution is 0.0933. The minimum absolute atomic E-state index is 0.00253. The summed E-state index contributed by atoms with van der Waals surface area (Å²) in [5, 5.41) is 23.4. The van der Waals surface area contributed by atoms with Gasteiger partial charge in [-0.3, -0.25) is 4.79 Å². The second-order valence-electron chi connectivity index (χ2n) is 6.97. The maximum atomic E-state index is 12.6. The summed E-state index contributed by atoms with van der Waals surface area (Å²) < 4.78 is 10.7. The Morgan fingerprint density at radius 1 is 1.18 bits per heavy atom. The zero-order valence-corrected chi connectivity index (χ0v) is 16.8. The molecular formula is C20H32N2O6. The molecule has 28 heavy (non-hydrogen) atoms. The van der Waals surface area contributed by atoms with Crippen LogP contribution >= 0.6 is 0 Å². The van der Waals surface area contributed by atoms with Crippen LogP contribution in [0.5, 0.6) is 5.75 Å². The van der Waals surface area contributed by atoms with Crippen molar-refractivity contribution in [3.8, 4) is 5.75 Å². The van der Waals surface area contributed by atoms with Crippen molar-refractivity contribution in [2.45, 2.75) is 32.7 Å². The van der Waals surface area contributed by atoms with Gasteiger partial charge in [-0.25, -0.2) is 4.79 Å². The topological polar surface area (TPSA) is 117 Å². The number of methoxy groups -OCH3 is 1. The average molecular weight is 396 g/mol. The molecule has 0 aliphatic carbocycles. The number of aliphatic hydroxyl groups excluding tert-OH is 1. The summed E-state index contributed by atoms with van der Waals surface area (Å²) in [4.78, 5) is 23.5. The monoisotopic (exact) mass is 396 g/mol. The summed E-state index contributed by atoms with van der Waals surface area (Å²) >= 11 is 0. The Bertz CT molecular complexity index is 608. The second kappa shape index (κ2) is 13.0. The molecule has 2 atom stereocenters. The van der Waals surface area contributed by atoms with Crippen LogP contribution in [-0.4, -0.2) is 61.7 Å². The van der Waals surface area contributed by atoms with Crippen LogP contribution in [0.1, 0.15) is 37.0 Å². The minimum atomic E-state index is -1.18. The Labute approximate surface area is 166 Å². The third kappa shape index (κ3) is 8.58. The van der Waals surface area contributed by atoms with Crippen LogP contribution in [0.25, 0.3) is 0 Å². The molecule has 0 aliphatic heterocycles. The number of carboxylic acid groups (broad SMARTS) is 1. The lowest BCUT2D eigenvalue weighted by Crippen LogP contribution is -2.41. The van der Waals surface area contributed by atoms with Crippen LogP contribution in [0.15, 0.2) is 24.3 Å². The molecule has 1 rings (SSSR count). The summed E-state index contributed by atoms with van der Waals surface area (Å²) in [6.07, 6.45) is -0.0261. The van der Waals surface area contributed by atoms with Gasteiger partial charge in [-0.1, -0.05) is 26.0 Å². The fourth-order valence-electron chi connectivity index (χ4n) is 2.79. The van der Waals surface area contributed by atoms with Gasteiger partial charge in [0.15, 0.2) is 0 Å². The summed E-state index contributed by atoms with van der Waals surface area (Å²) in [6.45, 7) is 5.11. The highest BCUT2D eigenvalue weighted by molar-refractivity contribution is 5.96. The number of benzene rings is 1. The molecule has 0 saturated heterocycles. The smallest absolute Gasteiger partial charge is 0.404 e. The Hall–Kier alpha value is -2.32. The third-order valence-corrected chi connectivity index (χ3v) is 4.48. The van der Waals surface area contributed by atoms with Crippen molar-refractivity contribution in [1.29, 1.82) is 0 Å². The second-order valence-corrected chi connectivity index (χ2v) is 6.97. The molecule has 158 valence electrons. The van der Waals surface area contributed by atoms with Crippen LogP contribution in [0.4, 0.5) is 4.79 Å². The maximum absolute atomic E-state index is 12.6. The van der Waals surface area contributed by atoms with Crippen LogP contribution in [0, 0.1) is 11.8 Å². The number of aliphatic hydroxyl groups is 1. The quantitative estimate of drug-likeness (QED) is 0.380. The minimum Gasteiger partial charge on any atom is -0.493 e. The zero-order chi connectivity index (χ0) is 20.9. The van der Waals surface area contributed by atoms with Gasteiger partial charge in [0.25, 0.3) is 5.91 Å². The molecule has 8 heteroatoms. The standard InChI is InChI=1S/C20H32N2O6/c1-14(2)15(11-16(13-23)22-20(25)26)12-21-19(24)17-7-4-5-8-18(17)28-10-6-9-27-3/h4-5,7-8,14-16,22-23H,6,9-13H2,1-3H3,(H,21,24)(H,25,26). The van der Waals surface area contributed by atoms with Gasteiger partial charge in [0, 0.05) is 26.7 Å². The number of carbonyl (C=O) groups excluding carboxylic acids is 1. The van der Waals surface area contributed by atoms with Gasteiger partial charge in [-0.15, -0.1) is 0 Å². The van der Waals surface area contributed by atoms with Gasteiger partial charge < -0.3 is 30.3 Å². The molecule has 4 N–H and O–H groups in total. The Morgan fingerprint density at radius 2 is 1.89 bits per heavy atom. The van der Waals surface area contributed by atoms with E-state index in [-0.39, 0.29) is 24.3 Å². The lowest BCUT2D eigenvalue weighted by Gasteiger charge is -2.25. The third-order valence-electron chi connectivity index (χ3n) is 4.48. The SMILES string of the molecule is COCCCOc1ccccc1C(=O)NCC(CC(CO)NC(=O)O)C(C)C. The first-order valence-corrected chi connectivity index (χ1v) is 9.48. The molecule has 0 fully saturated rings. The van der Waals surface area contributed by atoms with Crippen LogP contribution in [0.3, 0.4) is 0 Å². The number of ether oxygens (including phenoxy) is 2. The summed E-state index contributed by atoms with van der Waals surface area (Å²) in [6, 6.07) is 6.46. The van der Waals surface area contributed by atoms with E-state index in [1.807, 2.05) is 19.9 Å². The van der Waals surface area contributed by atoms with Crippen molar-refractivity contribution in [3.63, 3.8) is 0 Å². The summed E-state index contributed by atoms with van der Waals surface area (Å²) in [5.41, 5.74) is 0.449. The molecule has 1 aromatic rings. The molecule has 0 heterocycles. The average Bonchev–Trinajstić information content (AvgIpc) is 2.67. The van der Waals surface area contributed by atoms with E-state index in [4.69, 9.17) is 14.6 Å². The predicted octanol–water partition coefficient (Wildman–Crippen LogP) is 2.12. The number of amides is 2. The molecule has 0 aromatic heterocycles. The lowest BCUT2D eigenvalue weighted by atomic mass is 9.89. The number of hydrogen-bond donors (Lipinski definition) is 4.